The lowest BCUT2D eigenvalue weighted by atomic mass is 10.3. The molecule has 0 aliphatic rings. The molecule has 11 heteroatoms. The monoisotopic (exact) mass is 404 g/mol. The highest BCUT2D eigenvalue weighted by Crippen LogP contribution is 2.24. The standard InChI is InChI=1S/C15H12ClF3N4O2S/c1-8-3-2-4-22-12(8)23(6-9-5-20-14(16)26-9)10(13(22)25)11(24)21-7-15(17,18)19/h2-5H,6-7H2,1H3,(H-,21,24,25). The fourth-order valence-electron chi connectivity index (χ4n) is 2.60. The number of carbonyl (C=O) groups is 1. The fourth-order valence-corrected chi connectivity index (χ4v) is 3.57. The van der Waals surface area contributed by atoms with Crippen molar-refractivity contribution in [2.24, 2.45) is 0 Å². The summed E-state index contributed by atoms with van der Waals surface area (Å²) < 4.78 is 40.2. The number of fused-ring (bicyclic) bond motifs is 1. The summed E-state index contributed by atoms with van der Waals surface area (Å²) in [4.78, 5) is 16.9. The number of rotatable bonds is 4. The molecule has 0 atom stereocenters. The molecule has 3 aromatic heterocycles. The van der Waals surface area contributed by atoms with Crippen molar-refractivity contribution < 1.29 is 27.5 Å². The second-order valence-electron chi connectivity index (χ2n) is 5.50. The van der Waals surface area contributed by atoms with Gasteiger partial charge < -0.3 is 10.4 Å². The smallest absolute Gasteiger partial charge is 0.405 e. The van der Waals surface area contributed by atoms with E-state index in [0.29, 0.717) is 16.1 Å². The van der Waals surface area contributed by atoms with Gasteiger partial charge in [0, 0.05) is 11.8 Å². The van der Waals surface area contributed by atoms with Crippen LogP contribution in [-0.4, -0.2) is 28.2 Å². The summed E-state index contributed by atoms with van der Waals surface area (Å²) in [6, 6.07) is 3.36. The van der Waals surface area contributed by atoms with E-state index in [1.54, 1.807) is 24.4 Å². The van der Waals surface area contributed by atoms with Gasteiger partial charge in [0.05, 0.1) is 11.1 Å². The summed E-state index contributed by atoms with van der Waals surface area (Å²) in [5, 5.41) is 14.4. The van der Waals surface area contributed by atoms with E-state index in [2.05, 4.69) is 4.98 Å². The molecule has 0 unspecified atom stereocenters. The number of hydrogen-bond acceptors (Lipinski definition) is 4. The highest BCUT2D eigenvalue weighted by Gasteiger charge is 2.32. The molecule has 0 saturated heterocycles. The number of amides is 1. The van der Waals surface area contributed by atoms with Gasteiger partial charge in [0.2, 0.25) is 5.69 Å². The zero-order valence-electron chi connectivity index (χ0n) is 13.3. The maximum Gasteiger partial charge on any atom is 0.405 e. The maximum absolute atomic E-state index is 12.6. The molecule has 6 nitrogen and oxygen atoms in total. The van der Waals surface area contributed by atoms with Crippen molar-refractivity contribution in [3.05, 3.63) is 45.1 Å². The zero-order chi connectivity index (χ0) is 19.1. The van der Waals surface area contributed by atoms with E-state index in [9.17, 15) is 23.1 Å². The summed E-state index contributed by atoms with van der Waals surface area (Å²) in [5.74, 6) is -1.79. The molecule has 0 bridgehead atoms. The Bertz CT molecular complexity index is 983. The molecule has 0 fully saturated rings. The van der Waals surface area contributed by atoms with Crippen LogP contribution in [0.2, 0.25) is 4.47 Å². The van der Waals surface area contributed by atoms with Crippen molar-refractivity contribution in [2.45, 2.75) is 19.6 Å². The van der Waals surface area contributed by atoms with Crippen molar-refractivity contribution in [3.63, 3.8) is 0 Å². The van der Waals surface area contributed by atoms with Crippen LogP contribution in [0.1, 0.15) is 20.9 Å². The molecule has 0 spiro atoms. The third-order valence-corrected chi connectivity index (χ3v) is 4.71. The molecule has 3 heterocycles. The Hall–Kier alpha value is -2.33. The molecule has 0 aliphatic heterocycles. The number of carbonyl (C=O) groups excluding carboxylic acids is 1. The minimum Gasteiger partial charge on any atom is -0.839 e. The highest BCUT2D eigenvalue weighted by atomic mass is 35.5. The van der Waals surface area contributed by atoms with E-state index < -0.39 is 24.5 Å². The van der Waals surface area contributed by atoms with Gasteiger partial charge in [-0.3, -0.25) is 4.79 Å². The number of aryl methyl sites for hydroxylation is 1. The average molecular weight is 405 g/mol. The molecule has 3 aromatic rings. The predicted molar refractivity (Wildman–Crippen MR) is 86.4 cm³/mol. The van der Waals surface area contributed by atoms with E-state index in [1.165, 1.54) is 21.4 Å². The van der Waals surface area contributed by atoms with Gasteiger partial charge >= 0.3 is 6.18 Å². The summed E-state index contributed by atoms with van der Waals surface area (Å²) in [6.07, 6.45) is -1.63. The molecular formula is C15H12ClF3N4O2S. The number of aromatic nitrogens is 3. The maximum atomic E-state index is 12.6. The van der Waals surface area contributed by atoms with Crippen molar-refractivity contribution in [1.29, 1.82) is 0 Å². The normalized spacial score (nSPS) is 11.9. The van der Waals surface area contributed by atoms with Gasteiger partial charge in [-0.25, -0.2) is 14.0 Å². The topological polar surface area (TPSA) is 74.1 Å². The first-order chi connectivity index (χ1) is 12.2. The predicted octanol–water partition coefficient (Wildman–Crippen LogP) is 2.06. The Balaban J connectivity index is 2.11. The van der Waals surface area contributed by atoms with Crippen LogP contribution in [0, 0.1) is 6.92 Å². The van der Waals surface area contributed by atoms with Crippen molar-refractivity contribution in [3.8, 4) is 5.88 Å². The number of imidazole rings is 1. The Morgan fingerprint density at radius 3 is 2.85 bits per heavy atom. The number of alkyl halides is 3. The highest BCUT2D eigenvalue weighted by molar-refractivity contribution is 7.15. The lowest BCUT2D eigenvalue weighted by Crippen LogP contribution is -2.35. The van der Waals surface area contributed by atoms with Crippen molar-refractivity contribution in [2.75, 3.05) is 6.54 Å². The molecule has 0 aliphatic carbocycles. The van der Waals surface area contributed by atoms with Gasteiger partial charge in [-0.1, -0.05) is 11.6 Å². The Labute approximate surface area is 154 Å². The molecule has 26 heavy (non-hydrogen) atoms. The van der Waals surface area contributed by atoms with Crippen LogP contribution in [0.3, 0.4) is 0 Å². The quantitative estimate of drug-likeness (QED) is 0.676. The number of nitrogens with one attached hydrogen (secondary N) is 1. The second-order valence-corrected chi connectivity index (χ2v) is 7.20. The number of nitrogens with zero attached hydrogens (tertiary/aromatic N) is 3. The number of pyridine rings is 1. The molecule has 0 aromatic carbocycles. The van der Waals surface area contributed by atoms with Gasteiger partial charge in [-0.2, -0.15) is 13.2 Å². The van der Waals surface area contributed by atoms with Crippen LogP contribution < -0.4 is 14.8 Å². The van der Waals surface area contributed by atoms with Crippen LogP contribution >= 0.6 is 22.9 Å². The van der Waals surface area contributed by atoms with Gasteiger partial charge in [-0.05, 0) is 19.1 Å². The van der Waals surface area contributed by atoms with Gasteiger partial charge in [-0.15, -0.1) is 11.3 Å². The Morgan fingerprint density at radius 2 is 2.23 bits per heavy atom. The third kappa shape index (κ3) is 3.61. The van der Waals surface area contributed by atoms with Crippen LogP contribution in [0.15, 0.2) is 24.5 Å². The fraction of sp³-hybridized carbons (Fsp3) is 0.267. The van der Waals surface area contributed by atoms with Gasteiger partial charge in [0.25, 0.3) is 11.6 Å². The Morgan fingerprint density at radius 1 is 1.50 bits per heavy atom. The summed E-state index contributed by atoms with van der Waals surface area (Å²) in [5.41, 5.74) is 0.724. The second kappa shape index (κ2) is 6.76. The molecule has 1 amide bonds. The molecule has 0 saturated carbocycles. The largest absolute Gasteiger partial charge is 0.839 e. The Kier molecular flexibility index (Phi) is 4.80. The van der Waals surface area contributed by atoms with E-state index in [1.807, 2.05) is 0 Å². The van der Waals surface area contributed by atoms with Crippen LogP contribution in [0.5, 0.6) is 5.88 Å². The van der Waals surface area contributed by atoms with Crippen LogP contribution in [0.25, 0.3) is 5.65 Å². The first-order valence-corrected chi connectivity index (χ1v) is 8.52. The molecule has 3 rings (SSSR count). The average Bonchev–Trinajstić information content (AvgIpc) is 3.08. The summed E-state index contributed by atoms with van der Waals surface area (Å²) >= 11 is 6.97. The van der Waals surface area contributed by atoms with Crippen LogP contribution in [-0.2, 0) is 6.54 Å². The third-order valence-electron chi connectivity index (χ3n) is 3.61. The van der Waals surface area contributed by atoms with E-state index in [0.717, 1.165) is 11.3 Å². The molecule has 0 radical (unpaired) electrons. The molecule has 1 N–H and O–H groups in total. The van der Waals surface area contributed by atoms with E-state index in [-0.39, 0.29) is 16.7 Å². The van der Waals surface area contributed by atoms with E-state index >= 15 is 0 Å². The minimum absolute atomic E-state index is 0.0791. The lowest BCUT2D eigenvalue weighted by molar-refractivity contribution is -0.583. The van der Waals surface area contributed by atoms with Gasteiger partial charge in [0.1, 0.15) is 19.0 Å². The number of hydrogen-bond donors (Lipinski definition) is 1. The van der Waals surface area contributed by atoms with Crippen molar-refractivity contribution >= 4 is 34.5 Å². The number of thiazole rings is 1. The molecule has 138 valence electrons. The van der Waals surface area contributed by atoms with Crippen molar-refractivity contribution in [1.82, 2.24) is 14.9 Å². The minimum atomic E-state index is -4.58. The summed E-state index contributed by atoms with van der Waals surface area (Å²) in [6.45, 7) is 0.293. The first-order valence-electron chi connectivity index (χ1n) is 7.33. The van der Waals surface area contributed by atoms with Gasteiger partial charge in [0.15, 0.2) is 4.47 Å². The lowest BCUT2D eigenvalue weighted by Gasteiger charge is -2.09. The summed E-state index contributed by atoms with van der Waals surface area (Å²) in [7, 11) is 0. The first kappa shape index (κ1) is 18.5. The molecular weight excluding hydrogens is 393 g/mol. The zero-order valence-corrected chi connectivity index (χ0v) is 14.9. The van der Waals surface area contributed by atoms with E-state index in [4.69, 9.17) is 11.6 Å². The SMILES string of the molecule is Cc1ccc[n+]2c([O-])c(C(=O)NCC(F)(F)F)n(Cc3cnc(Cl)s3)c12. The van der Waals surface area contributed by atoms with Crippen LogP contribution in [0.4, 0.5) is 13.2 Å². The number of halogens is 4.